The fourth-order valence-electron chi connectivity index (χ4n) is 5.27. The van der Waals surface area contributed by atoms with Crippen LogP contribution in [0.15, 0.2) is 59.8 Å². The number of nitrogens with zero attached hydrogens (tertiary/aromatic N) is 5. The van der Waals surface area contributed by atoms with E-state index in [0.29, 0.717) is 48.7 Å². The predicted molar refractivity (Wildman–Crippen MR) is 151 cm³/mol. The first-order valence-corrected chi connectivity index (χ1v) is 15.1. The lowest BCUT2D eigenvalue weighted by molar-refractivity contribution is 0.0985. The highest BCUT2D eigenvalue weighted by molar-refractivity contribution is 7.89. The summed E-state index contributed by atoms with van der Waals surface area (Å²) in [5.41, 5.74) is 3.52. The Balaban J connectivity index is 1.44. The number of aryl methyl sites for hydroxylation is 2. The molecule has 38 heavy (non-hydrogen) atoms. The van der Waals surface area contributed by atoms with E-state index in [4.69, 9.17) is 4.98 Å². The minimum atomic E-state index is -3.62. The van der Waals surface area contributed by atoms with Gasteiger partial charge in [0.1, 0.15) is 0 Å². The average molecular weight is 552 g/mol. The zero-order valence-corrected chi connectivity index (χ0v) is 23.8. The molecular formula is C28H33N5O3S2. The molecule has 1 aliphatic heterocycles. The van der Waals surface area contributed by atoms with Crippen LogP contribution in [0, 0.1) is 25.7 Å². The lowest BCUT2D eigenvalue weighted by Crippen LogP contribution is -2.42. The third-order valence-corrected chi connectivity index (χ3v) is 9.85. The molecule has 0 bridgehead atoms. The van der Waals surface area contributed by atoms with Crippen molar-refractivity contribution in [3.05, 3.63) is 71.5 Å². The molecule has 0 radical (unpaired) electrons. The Morgan fingerprint density at radius 3 is 2.47 bits per heavy atom. The van der Waals surface area contributed by atoms with Gasteiger partial charge in [0.25, 0.3) is 5.91 Å². The predicted octanol–water partition coefficient (Wildman–Crippen LogP) is 5.12. The van der Waals surface area contributed by atoms with Crippen LogP contribution in [0.3, 0.4) is 0 Å². The molecule has 1 amide bonds. The third kappa shape index (κ3) is 5.39. The van der Waals surface area contributed by atoms with E-state index in [9.17, 15) is 13.2 Å². The Hall–Kier alpha value is -3.08. The van der Waals surface area contributed by atoms with Crippen molar-refractivity contribution >= 4 is 42.6 Å². The molecule has 200 valence electrons. The molecule has 1 saturated heterocycles. The van der Waals surface area contributed by atoms with Gasteiger partial charge in [0.15, 0.2) is 5.13 Å². The van der Waals surface area contributed by atoms with E-state index in [1.54, 1.807) is 44.3 Å². The molecule has 2 aromatic carbocycles. The highest BCUT2D eigenvalue weighted by Gasteiger charge is 2.32. The Labute approximate surface area is 228 Å². The molecule has 0 saturated carbocycles. The first kappa shape index (κ1) is 26.5. The standard InChI is InChI=1S/C28H33N5O3S2/c1-19-15-22(4)26-25(16-19)37-28(30-26)33(13-12-31-11-5-10-29-31)27(34)23-6-8-24(9-7-23)38(35,36)32-17-20(2)14-21(3)18-32/h5-11,15-16,20-21H,12-14,17-18H2,1-4H3. The SMILES string of the molecule is Cc1cc(C)c2nc(N(CCn3cccn3)C(=O)c3ccc(S(=O)(=O)N4CC(C)CC(C)C4)cc3)sc2c1. The molecule has 0 aliphatic carbocycles. The van der Waals surface area contributed by atoms with Crippen molar-refractivity contribution in [2.75, 3.05) is 24.5 Å². The minimum Gasteiger partial charge on any atom is -0.282 e. The second kappa shape index (κ2) is 10.6. The van der Waals surface area contributed by atoms with Gasteiger partial charge in [-0.2, -0.15) is 9.40 Å². The van der Waals surface area contributed by atoms with Crippen LogP contribution in [0.1, 0.15) is 41.8 Å². The first-order valence-electron chi connectivity index (χ1n) is 12.9. The molecular weight excluding hydrogens is 518 g/mol. The van der Waals surface area contributed by atoms with Crippen LogP contribution in [-0.4, -0.2) is 53.0 Å². The molecule has 0 N–H and O–H groups in total. The van der Waals surface area contributed by atoms with Crippen molar-refractivity contribution in [1.82, 2.24) is 19.1 Å². The molecule has 3 heterocycles. The van der Waals surface area contributed by atoms with Gasteiger partial charge in [-0.1, -0.05) is 31.3 Å². The lowest BCUT2D eigenvalue weighted by Gasteiger charge is -2.34. The van der Waals surface area contributed by atoms with Crippen molar-refractivity contribution in [1.29, 1.82) is 0 Å². The number of carbonyl (C=O) groups is 1. The summed E-state index contributed by atoms with van der Waals surface area (Å²) < 4.78 is 31.0. The normalized spacial score (nSPS) is 18.6. The maximum atomic E-state index is 13.8. The van der Waals surface area contributed by atoms with Crippen LogP contribution >= 0.6 is 11.3 Å². The molecule has 4 aromatic rings. The van der Waals surface area contributed by atoms with Crippen molar-refractivity contribution in [3.8, 4) is 0 Å². The Morgan fingerprint density at radius 1 is 1.11 bits per heavy atom. The summed E-state index contributed by atoms with van der Waals surface area (Å²) in [5.74, 6) is 0.410. The summed E-state index contributed by atoms with van der Waals surface area (Å²) >= 11 is 1.48. The fraction of sp³-hybridized carbons (Fsp3) is 0.393. The molecule has 10 heteroatoms. The highest BCUT2D eigenvalue weighted by atomic mass is 32.2. The smallest absolute Gasteiger partial charge is 0.260 e. The number of piperidine rings is 1. The molecule has 8 nitrogen and oxygen atoms in total. The zero-order valence-electron chi connectivity index (χ0n) is 22.2. The summed E-state index contributed by atoms with van der Waals surface area (Å²) in [4.78, 5) is 20.5. The number of benzene rings is 2. The number of amides is 1. The quantitative estimate of drug-likeness (QED) is 0.318. The highest BCUT2D eigenvalue weighted by Crippen LogP contribution is 2.33. The van der Waals surface area contributed by atoms with Gasteiger partial charge in [-0.25, -0.2) is 13.4 Å². The summed E-state index contributed by atoms with van der Waals surface area (Å²) in [6, 6.07) is 12.3. The fourth-order valence-corrected chi connectivity index (χ4v) is 8.12. The van der Waals surface area contributed by atoms with Gasteiger partial charge in [-0.15, -0.1) is 0 Å². The second-order valence-electron chi connectivity index (χ2n) is 10.4. The van der Waals surface area contributed by atoms with Gasteiger partial charge in [0, 0.05) is 37.6 Å². The summed E-state index contributed by atoms with van der Waals surface area (Å²) in [6.07, 6.45) is 4.59. The third-order valence-electron chi connectivity index (χ3n) is 6.98. The zero-order chi connectivity index (χ0) is 27.0. The Kier molecular flexibility index (Phi) is 7.39. The lowest BCUT2D eigenvalue weighted by atomic mass is 9.94. The van der Waals surface area contributed by atoms with Crippen LogP contribution < -0.4 is 4.90 Å². The number of sulfonamides is 1. The van der Waals surface area contributed by atoms with Gasteiger partial charge >= 0.3 is 0 Å². The Morgan fingerprint density at radius 2 is 1.82 bits per heavy atom. The van der Waals surface area contributed by atoms with Crippen LogP contribution in [0.5, 0.6) is 0 Å². The molecule has 0 spiro atoms. The van der Waals surface area contributed by atoms with E-state index in [2.05, 4.69) is 31.1 Å². The van der Waals surface area contributed by atoms with Crippen LogP contribution in [-0.2, 0) is 16.6 Å². The number of hydrogen-bond acceptors (Lipinski definition) is 6. The van der Waals surface area contributed by atoms with Crippen molar-refractivity contribution in [2.24, 2.45) is 11.8 Å². The van der Waals surface area contributed by atoms with Crippen molar-refractivity contribution in [2.45, 2.75) is 45.6 Å². The summed E-state index contributed by atoms with van der Waals surface area (Å²) in [6.45, 7) is 10.2. The van der Waals surface area contributed by atoms with Crippen LogP contribution in [0.4, 0.5) is 5.13 Å². The van der Waals surface area contributed by atoms with E-state index >= 15 is 0 Å². The minimum absolute atomic E-state index is 0.213. The average Bonchev–Trinajstić information content (AvgIpc) is 3.54. The molecule has 2 aromatic heterocycles. The summed E-state index contributed by atoms with van der Waals surface area (Å²) in [7, 11) is -3.62. The van der Waals surface area contributed by atoms with Gasteiger partial charge < -0.3 is 0 Å². The molecule has 2 unspecified atom stereocenters. The van der Waals surface area contributed by atoms with E-state index in [0.717, 1.165) is 27.8 Å². The van der Waals surface area contributed by atoms with E-state index in [1.807, 2.05) is 26.1 Å². The topological polar surface area (TPSA) is 88.4 Å². The number of hydrogen-bond donors (Lipinski definition) is 0. The number of aromatic nitrogens is 3. The second-order valence-corrected chi connectivity index (χ2v) is 13.4. The van der Waals surface area contributed by atoms with E-state index < -0.39 is 10.0 Å². The molecule has 5 rings (SSSR count). The molecule has 1 fully saturated rings. The number of rotatable bonds is 7. The van der Waals surface area contributed by atoms with Gasteiger partial charge in [-0.3, -0.25) is 14.4 Å². The van der Waals surface area contributed by atoms with Gasteiger partial charge in [-0.05, 0) is 79.6 Å². The number of fused-ring (bicyclic) bond motifs is 1. The number of anilines is 1. The largest absolute Gasteiger partial charge is 0.282 e. The Bertz CT molecular complexity index is 1540. The van der Waals surface area contributed by atoms with E-state index in [-0.39, 0.29) is 10.8 Å². The van der Waals surface area contributed by atoms with E-state index in [1.165, 1.54) is 11.3 Å². The summed E-state index contributed by atoms with van der Waals surface area (Å²) in [5, 5.41) is 4.88. The first-order chi connectivity index (χ1) is 18.1. The molecule has 1 aliphatic rings. The maximum absolute atomic E-state index is 13.8. The monoisotopic (exact) mass is 551 g/mol. The van der Waals surface area contributed by atoms with Crippen LogP contribution in [0.25, 0.3) is 10.2 Å². The number of carbonyl (C=O) groups excluding carboxylic acids is 1. The van der Waals surface area contributed by atoms with Gasteiger partial charge in [0.2, 0.25) is 10.0 Å². The van der Waals surface area contributed by atoms with Crippen molar-refractivity contribution in [3.63, 3.8) is 0 Å². The van der Waals surface area contributed by atoms with Crippen LogP contribution in [0.2, 0.25) is 0 Å². The number of thiazole rings is 1. The van der Waals surface area contributed by atoms with Gasteiger partial charge in [0.05, 0.1) is 21.7 Å². The maximum Gasteiger partial charge on any atom is 0.260 e. The van der Waals surface area contributed by atoms with Crippen molar-refractivity contribution < 1.29 is 13.2 Å². The molecule has 2 atom stereocenters.